The van der Waals surface area contributed by atoms with E-state index < -0.39 is 5.60 Å². The molecule has 0 radical (unpaired) electrons. The second-order valence-corrected chi connectivity index (χ2v) is 3.40. The van der Waals surface area contributed by atoms with Crippen molar-refractivity contribution < 1.29 is 9.90 Å². The fourth-order valence-electron chi connectivity index (χ4n) is 1.38. The van der Waals surface area contributed by atoms with E-state index in [-0.39, 0.29) is 0 Å². The second kappa shape index (κ2) is 2.70. The first kappa shape index (κ1) is 7.73. The van der Waals surface area contributed by atoms with Crippen molar-refractivity contribution in [3.8, 4) is 0 Å². The molecule has 10 heavy (non-hydrogen) atoms. The summed E-state index contributed by atoms with van der Waals surface area (Å²) >= 11 is 0. The molecule has 1 N–H and O–H groups in total. The summed E-state index contributed by atoms with van der Waals surface area (Å²) in [5.74, 6) is 0.681. The summed E-state index contributed by atoms with van der Waals surface area (Å²) < 4.78 is 0. The highest BCUT2D eigenvalue weighted by Crippen LogP contribution is 2.29. The van der Waals surface area contributed by atoms with Gasteiger partial charge in [-0.3, -0.25) is 0 Å². The van der Waals surface area contributed by atoms with Crippen molar-refractivity contribution in [3.63, 3.8) is 0 Å². The molecule has 0 aromatic rings. The minimum Gasteiger partial charge on any atom is -0.382 e. The Morgan fingerprint density at radius 2 is 2.00 bits per heavy atom. The summed E-state index contributed by atoms with van der Waals surface area (Å²) in [6.07, 6.45) is 3.96. The highest BCUT2D eigenvalue weighted by Gasteiger charge is 2.30. The van der Waals surface area contributed by atoms with E-state index in [4.69, 9.17) is 0 Å². The molecule has 1 aliphatic carbocycles. The Bertz CT molecular complexity index is 123. The van der Waals surface area contributed by atoms with Crippen LogP contribution in [0.2, 0.25) is 0 Å². The van der Waals surface area contributed by atoms with Gasteiger partial charge >= 0.3 is 0 Å². The van der Waals surface area contributed by atoms with Crippen molar-refractivity contribution in [1.82, 2.24) is 0 Å². The number of aliphatic hydroxyl groups is 1. The molecule has 0 aromatic carbocycles. The van der Waals surface area contributed by atoms with E-state index >= 15 is 0 Å². The zero-order valence-electron chi connectivity index (χ0n) is 6.34. The van der Waals surface area contributed by atoms with Crippen LogP contribution >= 0.6 is 0 Å². The lowest BCUT2D eigenvalue weighted by Gasteiger charge is -2.29. The summed E-state index contributed by atoms with van der Waals surface area (Å²) in [5, 5.41) is 9.43. The Kier molecular flexibility index (Phi) is 2.09. The molecule has 1 saturated carbocycles. The van der Waals surface area contributed by atoms with Crippen molar-refractivity contribution in [3.05, 3.63) is 0 Å². The molecule has 2 nitrogen and oxygen atoms in total. The largest absolute Gasteiger partial charge is 0.382 e. The number of rotatable bonds is 1. The van der Waals surface area contributed by atoms with E-state index in [0.717, 1.165) is 12.8 Å². The fraction of sp³-hybridized carbons (Fsp3) is 0.875. The van der Waals surface area contributed by atoms with Gasteiger partial charge in [0.25, 0.3) is 0 Å². The highest BCUT2D eigenvalue weighted by atomic mass is 16.3. The third-order valence-corrected chi connectivity index (χ3v) is 2.36. The third kappa shape index (κ3) is 1.57. The SMILES string of the molecule is CC1CCC(O)(C=O)CC1. The van der Waals surface area contributed by atoms with Crippen LogP contribution in [0.25, 0.3) is 0 Å². The van der Waals surface area contributed by atoms with Crippen LogP contribution in [-0.4, -0.2) is 17.0 Å². The number of carbonyl (C=O) groups is 1. The van der Waals surface area contributed by atoms with E-state index in [1.165, 1.54) is 0 Å². The van der Waals surface area contributed by atoms with Crippen LogP contribution in [0.1, 0.15) is 32.6 Å². The van der Waals surface area contributed by atoms with Gasteiger partial charge in [-0.2, -0.15) is 0 Å². The topological polar surface area (TPSA) is 37.3 Å². The molecular formula is C8H14O2. The van der Waals surface area contributed by atoms with Crippen molar-refractivity contribution in [2.24, 2.45) is 5.92 Å². The lowest BCUT2D eigenvalue weighted by atomic mass is 9.81. The summed E-state index contributed by atoms with van der Waals surface area (Å²) in [7, 11) is 0. The first-order valence-electron chi connectivity index (χ1n) is 3.85. The van der Waals surface area contributed by atoms with Crippen LogP contribution in [0.15, 0.2) is 0 Å². The molecule has 0 heterocycles. The molecule has 2 heteroatoms. The standard InChI is InChI=1S/C8H14O2/c1-7-2-4-8(10,6-9)5-3-7/h6-7,10H,2-5H2,1H3. The van der Waals surface area contributed by atoms with Crippen molar-refractivity contribution in [2.75, 3.05) is 0 Å². The Hall–Kier alpha value is -0.370. The van der Waals surface area contributed by atoms with Crippen molar-refractivity contribution >= 4 is 6.29 Å². The monoisotopic (exact) mass is 142 g/mol. The molecule has 1 aliphatic rings. The number of hydrogen-bond acceptors (Lipinski definition) is 2. The van der Waals surface area contributed by atoms with Gasteiger partial charge in [0.2, 0.25) is 0 Å². The number of hydrogen-bond donors (Lipinski definition) is 1. The summed E-state index contributed by atoms with van der Waals surface area (Å²) in [5.41, 5.74) is -0.980. The molecule has 1 fully saturated rings. The normalized spacial score (nSPS) is 41.2. The lowest BCUT2D eigenvalue weighted by molar-refractivity contribution is -0.127. The van der Waals surface area contributed by atoms with Gasteiger partial charge < -0.3 is 9.90 Å². The van der Waals surface area contributed by atoms with Gasteiger partial charge in [0, 0.05) is 0 Å². The van der Waals surface area contributed by atoms with Gasteiger partial charge in [-0.25, -0.2) is 0 Å². The van der Waals surface area contributed by atoms with Gasteiger partial charge in [0.05, 0.1) is 0 Å². The van der Waals surface area contributed by atoms with E-state index in [0.29, 0.717) is 25.0 Å². The molecule has 1 rings (SSSR count). The maximum Gasteiger partial charge on any atom is 0.151 e. The van der Waals surface area contributed by atoms with Gasteiger partial charge in [-0.1, -0.05) is 6.92 Å². The van der Waals surface area contributed by atoms with E-state index in [1.807, 2.05) is 0 Å². The second-order valence-electron chi connectivity index (χ2n) is 3.40. The molecular weight excluding hydrogens is 128 g/mol. The van der Waals surface area contributed by atoms with Crippen LogP contribution in [0.4, 0.5) is 0 Å². The Labute approximate surface area is 61.2 Å². The quantitative estimate of drug-likeness (QED) is 0.557. The highest BCUT2D eigenvalue weighted by molar-refractivity contribution is 5.62. The molecule has 0 spiro atoms. The first-order chi connectivity index (χ1) is 4.66. The van der Waals surface area contributed by atoms with Gasteiger partial charge in [0.15, 0.2) is 6.29 Å². The smallest absolute Gasteiger partial charge is 0.151 e. The van der Waals surface area contributed by atoms with Crippen molar-refractivity contribution in [1.29, 1.82) is 0 Å². The number of aldehydes is 1. The average Bonchev–Trinajstić information content (AvgIpc) is 1.96. The van der Waals surface area contributed by atoms with Gasteiger partial charge in [-0.05, 0) is 31.6 Å². The summed E-state index contributed by atoms with van der Waals surface area (Å²) in [6.45, 7) is 2.16. The minimum atomic E-state index is -0.980. The maximum atomic E-state index is 10.3. The molecule has 0 aliphatic heterocycles. The lowest BCUT2D eigenvalue weighted by Crippen LogP contribution is -2.34. The van der Waals surface area contributed by atoms with Gasteiger partial charge in [-0.15, -0.1) is 0 Å². The molecule has 0 unspecified atom stereocenters. The fourth-order valence-corrected chi connectivity index (χ4v) is 1.38. The van der Waals surface area contributed by atoms with Crippen LogP contribution < -0.4 is 0 Å². The number of carbonyl (C=O) groups excluding carboxylic acids is 1. The van der Waals surface area contributed by atoms with Crippen LogP contribution in [0.3, 0.4) is 0 Å². The van der Waals surface area contributed by atoms with Gasteiger partial charge in [0.1, 0.15) is 5.60 Å². The first-order valence-corrected chi connectivity index (χ1v) is 3.85. The third-order valence-electron chi connectivity index (χ3n) is 2.36. The van der Waals surface area contributed by atoms with Crippen LogP contribution in [-0.2, 0) is 4.79 Å². The predicted octanol–water partition coefficient (Wildman–Crippen LogP) is 1.13. The Morgan fingerprint density at radius 1 is 1.50 bits per heavy atom. The Morgan fingerprint density at radius 3 is 2.40 bits per heavy atom. The molecule has 0 atom stereocenters. The molecule has 58 valence electrons. The van der Waals surface area contributed by atoms with E-state index in [2.05, 4.69) is 6.92 Å². The molecule has 0 aromatic heterocycles. The minimum absolute atomic E-state index is 0.650. The van der Waals surface area contributed by atoms with E-state index in [9.17, 15) is 9.90 Å². The van der Waals surface area contributed by atoms with E-state index in [1.54, 1.807) is 0 Å². The predicted molar refractivity (Wildman–Crippen MR) is 38.6 cm³/mol. The zero-order chi connectivity index (χ0) is 7.61. The Balaban J connectivity index is 2.46. The molecule has 0 saturated heterocycles. The zero-order valence-corrected chi connectivity index (χ0v) is 6.34. The maximum absolute atomic E-state index is 10.3. The van der Waals surface area contributed by atoms with Crippen molar-refractivity contribution in [2.45, 2.75) is 38.2 Å². The van der Waals surface area contributed by atoms with Crippen LogP contribution in [0.5, 0.6) is 0 Å². The molecule has 0 amide bonds. The van der Waals surface area contributed by atoms with Crippen LogP contribution in [0, 0.1) is 5.92 Å². The molecule has 0 bridgehead atoms. The summed E-state index contributed by atoms with van der Waals surface area (Å²) in [6, 6.07) is 0. The average molecular weight is 142 g/mol. The summed E-state index contributed by atoms with van der Waals surface area (Å²) in [4.78, 5) is 10.3.